The third-order valence-corrected chi connectivity index (χ3v) is 0.518. The van der Waals surface area contributed by atoms with E-state index in [1.807, 2.05) is 13.0 Å². The lowest BCUT2D eigenvalue weighted by atomic mass is 10.6. The third kappa shape index (κ3) is 4.95. The van der Waals surface area contributed by atoms with Crippen molar-refractivity contribution in [3.63, 3.8) is 0 Å². The van der Waals surface area contributed by atoms with E-state index in [0.29, 0.717) is 0 Å². The molecule has 8 heavy (non-hydrogen) atoms. The van der Waals surface area contributed by atoms with Gasteiger partial charge in [0, 0.05) is 12.4 Å². The van der Waals surface area contributed by atoms with Crippen molar-refractivity contribution in [2.75, 3.05) is 0 Å². The number of rotatable bonds is 2. The highest BCUT2D eigenvalue weighted by Crippen LogP contribution is 1.69. The van der Waals surface area contributed by atoms with Crippen molar-refractivity contribution in [1.82, 2.24) is 0 Å². The van der Waals surface area contributed by atoms with E-state index in [0.717, 1.165) is 0 Å². The monoisotopic (exact) mass is 110 g/mol. The summed E-state index contributed by atoms with van der Waals surface area (Å²) in [5.41, 5.74) is 5.01. The second-order valence-corrected chi connectivity index (χ2v) is 1.17. The van der Waals surface area contributed by atoms with E-state index in [-0.39, 0.29) is 0 Å². The first-order chi connectivity index (χ1) is 3.91. The van der Waals surface area contributed by atoms with Gasteiger partial charge >= 0.3 is 0 Å². The number of hydrogen-bond acceptors (Lipinski definition) is 2. The maximum Gasteiger partial charge on any atom is 0.0281 e. The highest BCUT2D eigenvalue weighted by atomic mass is 14.7. The Bertz CT molecular complexity index is 97.7. The zero-order chi connectivity index (χ0) is 6.24. The van der Waals surface area contributed by atoms with E-state index in [4.69, 9.17) is 5.73 Å². The molecule has 0 atom stereocenters. The maximum absolute atomic E-state index is 5.01. The van der Waals surface area contributed by atoms with Gasteiger partial charge in [-0.1, -0.05) is 6.08 Å². The molecular formula is C6H10N2. The first-order valence-electron chi connectivity index (χ1n) is 2.43. The van der Waals surface area contributed by atoms with E-state index in [1.54, 1.807) is 18.5 Å². The Morgan fingerprint density at radius 2 is 2.25 bits per heavy atom. The van der Waals surface area contributed by atoms with Crippen LogP contribution in [0, 0.1) is 0 Å². The Hall–Kier alpha value is -1.05. The predicted molar refractivity (Wildman–Crippen MR) is 36.6 cm³/mol. The molecule has 0 radical (unpaired) electrons. The molecule has 0 bridgehead atoms. The topological polar surface area (TPSA) is 38.4 Å². The van der Waals surface area contributed by atoms with Gasteiger partial charge in [-0.05, 0) is 19.2 Å². The molecule has 0 aromatic rings. The van der Waals surface area contributed by atoms with Crippen molar-refractivity contribution in [2.24, 2.45) is 10.7 Å². The standard InChI is InChI=1S/C6H10N2/c1-2-5-8-6-3-4-7/h2-6H,7H2,1H3/b4-3-,5-2+,8-6+. The fourth-order valence-electron chi connectivity index (χ4n) is 0.235. The van der Waals surface area contributed by atoms with Gasteiger partial charge in [-0.2, -0.15) is 0 Å². The molecule has 2 N–H and O–H groups in total. The molecule has 0 aliphatic rings. The van der Waals surface area contributed by atoms with Crippen LogP contribution >= 0.6 is 0 Å². The van der Waals surface area contributed by atoms with E-state index in [9.17, 15) is 0 Å². The normalized spacial score (nSPS) is 12.6. The molecule has 2 heteroatoms. The lowest BCUT2D eigenvalue weighted by Crippen LogP contribution is -1.74. The van der Waals surface area contributed by atoms with E-state index < -0.39 is 0 Å². The second kappa shape index (κ2) is 5.95. The molecule has 0 heterocycles. The minimum absolute atomic E-state index is 1.44. The highest BCUT2D eigenvalue weighted by Gasteiger charge is 1.55. The molecule has 0 saturated carbocycles. The summed E-state index contributed by atoms with van der Waals surface area (Å²) in [5.74, 6) is 0. The van der Waals surface area contributed by atoms with Gasteiger partial charge in [0.2, 0.25) is 0 Å². The Morgan fingerprint density at radius 3 is 2.75 bits per heavy atom. The molecule has 0 fully saturated rings. The summed E-state index contributed by atoms with van der Waals surface area (Å²) in [6.07, 6.45) is 8.27. The number of nitrogens with zero attached hydrogens (tertiary/aromatic N) is 1. The quantitative estimate of drug-likeness (QED) is 0.530. The van der Waals surface area contributed by atoms with Crippen molar-refractivity contribution in [3.8, 4) is 0 Å². The zero-order valence-electron chi connectivity index (χ0n) is 4.91. The minimum atomic E-state index is 1.44. The van der Waals surface area contributed by atoms with Crippen molar-refractivity contribution < 1.29 is 0 Å². The first-order valence-corrected chi connectivity index (χ1v) is 2.43. The smallest absolute Gasteiger partial charge is 0.0281 e. The van der Waals surface area contributed by atoms with Crippen LogP contribution in [0.15, 0.2) is 29.5 Å². The van der Waals surface area contributed by atoms with Crippen LogP contribution in [0.25, 0.3) is 0 Å². The number of nitrogens with two attached hydrogens (primary N) is 1. The lowest BCUT2D eigenvalue weighted by molar-refractivity contribution is 1.54. The predicted octanol–water partition coefficient (Wildman–Crippen LogP) is 1.06. The summed E-state index contributed by atoms with van der Waals surface area (Å²) in [6.45, 7) is 1.91. The second-order valence-electron chi connectivity index (χ2n) is 1.17. The van der Waals surface area contributed by atoms with Crippen LogP contribution in [0.2, 0.25) is 0 Å². The summed E-state index contributed by atoms with van der Waals surface area (Å²) < 4.78 is 0. The average molecular weight is 110 g/mol. The lowest BCUT2D eigenvalue weighted by Gasteiger charge is -1.69. The van der Waals surface area contributed by atoms with Crippen LogP contribution in [0.3, 0.4) is 0 Å². The Labute approximate surface area is 49.4 Å². The molecule has 0 aliphatic carbocycles. The van der Waals surface area contributed by atoms with Crippen LogP contribution in [0.4, 0.5) is 0 Å². The van der Waals surface area contributed by atoms with Crippen LogP contribution in [0.5, 0.6) is 0 Å². The molecule has 44 valence electrons. The molecular weight excluding hydrogens is 100 g/mol. The van der Waals surface area contributed by atoms with Gasteiger partial charge in [-0.25, -0.2) is 0 Å². The summed E-state index contributed by atoms with van der Waals surface area (Å²) >= 11 is 0. The van der Waals surface area contributed by atoms with Crippen molar-refractivity contribution >= 4 is 6.21 Å². The van der Waals surface area contributed by atoms with Crippen molar-refractivity contribution in [1.29, 1.82) is 0 Å². The van der Waals surface area contributed by atoms with Gasteiger partial charge in [-0.3, -0.25) is 4.99 Å². The number of hydrogen-bond donors (Lipinski definition) is 1. The van der Waals surface area contributed by atoms with E-state index in [2.05, 4.69) is 4.99 Å². The molecule has 0 amide bonds. The molecule has 0 aromatic heterocycles. The molecule has 0 saturated heterocycles. The van der Waals surface area contributed by atoms with Gasteiger partial charge in [0.25, 0.3) is 0 Å². The molecule has 0 aromatic carbocycles. The first kappa shape index (κ1) is 6.95. The van der Waals surface area contributed by atoms with Gasteiger partial charge in [0.05, 0.1) is 0 Å². The summed E-state index contributed by atoms with van der Waals surface area (Å²) in [5, 5.41) is 0. The molecule has 0 spiro atoms. The Morgan fingerprint density at radius 1 is 1.50 bits per heavy atom. The average Bonchev–Trinajstić information content (AvgIpc) is 1.81. The Balaban J connectivity index is 3.35. The fourth-order valence-corrected chi connectivity index (χ4v) is 0.235. The van der Waals surface area contributed by atoms with Gasteiger partial charge in [-0.15, -0.1) is 0 Å². The Kier molecular flexibility index (Phi) is 5.17. The van der Waals surface area contributed by atoms with Gasteiger partial charge in [0.15, 0.2) is 0 Å². The number of allylic oxidation sites excluding steroid dienone is 2. The van der Waals surface area contributed by atoms with Crippen molar-refractivity contribution in [3.05, 3.63) is 24.6 Å². The van der Waals surface area contributed by atoms with Crippen LogP contribution in [0.1, 0.15) is 6.92 Å². The molecule has 0 rings (SSSR count). The van der Waals surface area contributed by atoms with E-state index >= 15 is 0 Å². The highest BCUT2D eigenvalue weighted by molar-refractivity contribution is 5.71. The molecule has 0 aliphatic heterocycles. The van der Waals surface area contributed by atoms with E-state index in [1.165, 1.54) is 6.20 Å². The SMILES string of the molecule is C/C=C/N=C/C=C\N. The van der Waals surface area contributed by atoms with Gasteiger partial charge < -0.3 is 5.73 Å². The van der Waals surface area contributed by atoms with Crippen molar-refractivity contribution in [2.45, 2.75) is 6.92 Å². The summed E-state index contributed by atoms with van der Waals surface area (Å²) in [6, 6.07) is 0. The molecule has 0 unspecified atom stereocenters. The zero-order valence-corrected chi connectivity index (χ0v) is 4.91. The summed E-state index contributed by atoms with van der Waals surface area (Å²) in [7, 11) is 0. The largest absolute Gasteiger partial charge is 0.405 e. The maximum atomic E-state index is 5.01. The minimum Gasteiger partial charge on any atom is -0.405 e. The van der Waals surface area contributed by atoms with Crippen LogP contribution in [-0.2, 0) is 0 Å². The van der Waals surface area contributed by atoms with Crippen LogP contribution in [-0.4, -0.2) is 6.21 Å². The van der Waals surface area contributed by atoms with Crippen LogP contribution < -0.4 is 5.73 Å². The number of aliphatic imine (C=N–C) groups is 1. The molecule has 2 nitrogen and oxygen atoms in total. The third-order valence-electron chi connectivity index (χ3n) is 0.518. The fraction of sp³-hybridized carbons (Fsp3) is 0.167. The van der Waals surface area contributed by atoms with Gasteiger partial charge in [0.1, 0.15) is 0 Å². The summed E-state index contributed by atoms with van der Waals surface area (Å²) in [4.78, 5) is 3.81.